The largest absolute Gasteiger partial charge is 0.618 e. The molecule has 1 heterocycles. The van der Waals surface area contributed by atoms with Crippen molar-refractivity contribution in [3.05, 3.63) is 35.0 Å². The van der Waals surface area contributed by atoms with E-state index in [1.54, 1.807) is 6.92 Å². The molecule has 0 saturated heterocycles. The van der Waals surface area contributed by atoms with E-state index in [9.17, 15) is 9.60 Å². The van der Waals surface area contributed by atoms with Crippen LogP contribution in [0.25, 0.3) is 0 Å². The van der Waals surface area contributed by atoms with Crippen LogP contribution >= 0.6 is 0 Å². The fraction of sp³-hybridized carbons (Fsp3) is 0.286. The second-order valence-corrected chi connectivity index (χ2v) is 2.39. The average Bonchev–Trinajstić information content (AvgIpc) is 1.85. The van der Waals surface area contributed by atoms with Gasteiger partial charge in [0.25, 0.3) is 0 Å². The van der Waals surface area contributed by atoms with Crippen LogP contribution in [0.4, 0.5) is 4.39 Å². The zero-order chi connectivity index (χ0) is 8.43. The number of aromatic nitrogens is 1. The summed E-state index contributed by atoms with van der Waals surface area (Å²) in [6, 6.07) is 2.23. The Kier molecular flexibility index (Phi) is 2.05. The van der Waals surface area contributed by atoms with Gasteiger partial charge in [0.05, 0.1) is 6.04 Å². The van der Waals surface area contributed by atoms with Crippen molar-refractivity contribution >= 4 is 0 Å². The maximum Gasteiger partial charge on any atom is 0.216 e. The summed E-state index contributed by atoms with van der Waals surface area (Å²) in [4.78, 5) is 0. The number of halogens is 1. The topological polar surface area (TPSA) is 53.0 Å². The summed E-state index contributed by atoms with van der Waals surface area (Å²) in [7, 11) is 0. The van der Waals surface area contributed by atoms with Gasteiger partial charge < -0.3 is 10.9 Å². The first-order valence-electron chi connectivity index (χ1n) is 3.25. The number of hydrogen-bond acceptors (Lipinski definition) is 2. The molecule has 1 aromatic rings. The molecule has 0 bridgehead atoms. The third kappa shape index (κ3) is 1.65. The Hall–Kier alpha value is -1.16. The number of nitrogens with two attached hydrogens (primary N) is 1. The predicted octanol–water partition coefficient (Wildman–Crippen LogP) is 0.479. The van der Waals surface area contributed by atoms with Gasteiger partial charge in [0, 0.05) is 6.07 Å². The lowest BCUT2D eigenvalue weighted by Crippen LogP contribution is -2.35. The van der Waals surface area contributed by atoms with Crippen LogP contribution in [0.5, 0.6) is 0 Å². The van der Waals surface area contributed by atoms with Crippen LogP contribution in [-0.2, 0) is 0 Å². The van der Waals surface area contributed by atoms with E-state index in [0.29, 0.717) is 10.4 Å². The highest BCUT2D eigenvalue weighted by Crippen LogP contribution is 2.03. The van der Waals surface area contributed by atoms with Crippen LogP contribution in [0.1, 0.15) is 18.7 Å². The van der Waals surface area contributed by atoms with Gasteiger partial charge in [0.1, 0.15) is 0 Å². The van der Waals surface area contributed by atoms with E-state index in [4.69, 9.17) is 5.73 Å². The summed E-state index contributed by atoms with van der Waals surface area (Å²) in [5.41, 5.74) is 5.79. The van der Waals surface area contributed by atoms with Crippen LogP contribution in [0.3, 0.4) is 0 Å². The van der Waals surface area contributed by atoms with E-state index in [1.807, 2.05) is 0 Å². The van der Waals surface area contributed by atoms with Crippen molar-refractivity contribution in [3.8, 4) is 0 Å². The zero-order valence-corrected chi connectivity index (χ0v) is 6.12. The quantitative estimate of drug-likeness (QED) is 0.475. The molecule has 0 spiro atoms. The van der Waals surface area contributed by atoms with Crippen LogP contribution in [0, 0.1) is 11.0 Å². The molecule has 0 aliphatic heterocycles. The maximum atomic E-state index is 12.3. The minimum atomic E-state index is -0.551. The van der Waals surface area contributed by atoms with Crippen LogP contribution in [-0.4, -0.2) is 0 Å². The van der Waals surface area contributed by atoms with Crippen molar-refractivity contribution in [2.45, 2.75) is 13.0 Å². The molecule has 0 amide bonds. The highest BCUT2D eigenvalue weighted by atomic mass is 19.1. The van der Waals surface area contributed by atoms with Gasteiger partial charge in [0.2, 0.25) is 11.9 Å². The zero-order valence-electron chi connectivity index (χ0n) is 6.12. The molecule has 0 aliphatic carbocycles. The van der Waals surface area contributed by atoms with Gasteiger partial charge in [-0.1, -0.05) is 0 Å². The highest BCUT2D eigenvalue weighted by Gasteiger charge is 2.10. The molecule has 1 rings (SSSR count). The normalized spacial score (nSPS) is 13.0. The standard InChI is InChI=1S/C7H9FN2O/c1-5(9)7-3-2-6(8)4-10(7)11/h2-5H,9H2,1H3/t5-/m1/s1. The van der Waals surface area contributed by atoms with Gasteiger partial charge in [-0.05, 0) is 13.0 Å². The molecule has 1 aromatic heterocycles. The fourth-order valence-electron chi connectivity index (χ4n) is 0.821. The van der Waals surface area contributed by atoms with Crippen molar-refractivity contribution in [2.24, 2.45) is 5.73 Å². The van der Waals surface area contributed by atoms with Gasteiger partial charge in [-0.2, -0.15) is 4.73 Å². The van der Waals surface area contributed by atoms with Crippen molar-refractivity contribution in [1.82, 2.24) is 0 Å². The first-order valence-corrected chi connectivity index (χ1v) is 3.25. The first kappa shape index (κ1) is 7.94. The Labute approximate surface area is 63.8 Å². The van der Waals surface area contributed by atoms with Crippen molar-refractivity contribution in [2.75, 3.05) is 0 Å². The molecule has 0 fully saturated rings. The van der Waals surface area contributed by atoms with Crippen LogP contribution < -0.4 is 10.5 Å². The summed E-state index contributed by atoms with van der Waals surface area (Å²) in [6.07, 6.45) is 0.860. The Morgan fingerprint density at radius 3 is 2.73 bits per heavy atom. The van der Waals surface area contributed by atoms with Gasteiger partial charge in [-0.25, -0.2) is 4.39 Å². The second-order valence-electron chi connectivity index (χ2n) is 2.39. The molecule has 0 radical (unpaired) electrons. The summed E-state index contributed by atoms with van der Waals surface area (Å²) in [5, 5.41) is 10.9. The Bertz CT molecular complexity index is 263. The van der Waals surface area contributed by atoms with E-state index >= 15 is 0 Å². The van der Waals surface area contributed by atoms with E-state index < -0.39 is 5.82 Å². The molecule has 3 nitrogen and oxygen atoms in total. The third-order valence-corrected chi connectivity index (χ3v) is 1.37. The lowest BCUT2D eigenvalue weighted by Gasteiger charge is -2.05. The number of rotatable bonds is 1. The molecule has 0 unspecified atom stereocenters. The summed E-state index contributed by atoms with van der Waals surface area (Å²) in [5.74, 6) is -0.551. The molecule has 1 atom stereocenters. The number of hydrogen-bond donors (Lipinski definition) is 1. The fourth-order valence-corrected chi connectivity index (χ4v) is 0.821. The van der Waals surface area contributed by atoms with Gasteiger partial charge in [-0.15, -0.1) is 0 Å². The van der Waals surface area contributed by atoms with E-state index in [2.05, 4.69) is 0 Å². The monoisotopic (exact) mass is 156 g/mol. The van der Waals surface area contributed by atoms with E-state index in [-0.39, 0.29) is 6.04 Å². The summed E-state index contributed by atoms with van der Waals surface area (Å²) >= 11 is 0. The molecular formula is C7H9FN2O. The molecule has 0 saturated carbocycles. The predicted molar refractivity (Wildman–Crippen MR) is 38.0 cm³/mol. The molecule has 11 heavy (non-hydrogen) atoms. The Morgan fingerprint density at radius 2 is 2.27 bits per heavy atom. The molecule has 2 N–H and O–H groups in total. The maximum absolute atomic E-state index is 12.3. The summed E-state index contributed by atoms with van der Waals surface area (Å²) in [6.45, 7) is 1.67. The van der Waals surface area contributed by atoms with Crippen LogP contribution in [0.15, 0.2) is 18.3 Å². The van der Waals surface area contributed by atoms with Gasteiger partial charge in [-0.3, -0.25) is 0 Å². The SMILES string of the molecule is C[C@@H](N)c1ccc(F)c[n+]1[O-]. The van der Waals surface area contributed by atoms with E-state index in [1.165, 1.54) is 12.1 Å². The van der Waals surface area contributed by atoms with Crippen molar-refractivity contribution < 1.29 is 9.12 Å². The molecule has 0 aliphatic rings. The molecule has 60 valence electrons. The minimum Gasteiger partial charge on any atom is -0.618 e. The molecule has 4 heteroatoms. The second kappa shape index (κ2) is 2.84. The van der Waals surface area contributed by atoms with Crippen molar-refractivity contribution in [3.63, 3.8) is 0 Å². The summed E-state index contributed by atoms with van der Waals surface area (Å²) < 4.78 is 12.8. The molecule has 0 aromatic carbocycles. The smallest absolute Gasteiger partial charge is 0.216 e. The van der Waals surface area contributed by atoms with Crippen molar-refractivity contribution in [1.29, 1.82) is 0 Å². The Balaban J connectivity index is 3.09. The molecular weight excluding hydrogens is 147 g/mol. The average molecular weight is 156 g/mol. The van der Waals surface area contributed by atoms with Gasteiger partial charge in [0.15, 0.2) is 5.82 Å². The van der Waals surface area contributed by atoms with Crippen LogP contribution in [0.2, 0.25) is 0 Å². The third-order valence-electron chi connectivity index (χ3n) is 1.37. The van der Waals surface area contributed by atoms with E-state index in [0.717, 1.165) is 6.20 Å². The minimum absolute atomic E-state index is 0.367. The highest BCUT2D eigenvalue weighted by molar-refractivity contribution is 5.02. The Morgan fingerprint density at radius 1 is 1.64 bits per heavy atom. The first-order chi connectivity index (χ1) is 5.11. The number of nitrogens with zero attached hydrogens (tertiary/aromatic N) is 1. The van der Waals surface area contributed by atoms with Gasteiger partial charge >= 0.3 is 0 Å². The lowest BCUT2D eigenvalue weighted by atomic mass is 10.2. The number of pyridine rings is 1. The lowest BCUT2D eigenvalue weighted by molar-refractivity contribution is -0.617.